The van der Waals surface area contributed by atoms with E-state index in [4.69, 9.17) is 8.94 Å². The summed E-state index contributed by atoms with van der Waals surface area (Å²) in [4.78, 5) is 13.6. The van der Waals surface area contributed by atoms with Crippen molar-refractivity contribution in [3.63, 3.8) is 0 Å². The summed E-state index contributed by atoms with van der Waals surface area (Å²) in [5, 5.41) is 8.76. The van der Waals surface area contributed by atoms with E-state index in [9.17, 15) is 13.2 Å². The van der Waals surface area contributed by atoms with E-state index in [-0.39, 0.29) is 35.6 Å². The van der Waals surface area contributed by atoms with Crippen molar-refractivity contribution in [2.75, 3.05) is 13.1 Å². The van der Waals surface area contributed by atoms with Gasteiger partial charge in [0.25, 0.3) is 0 Å². The Bertz CT molecular complexity index is 1140. The van der Waals surface area contributed by atoms with Gasteiger partial charge in [0.1, 0.15) is 11.5 Å². The van der Waals surface area contributed by atoms with E-state index >= 15 is 0 Å². The Balaban J connectivity index is 1.41. The number of rotatable bonds is 7. The maximum atomic E-state index is 13.3. The molecule has 1 fully saturated rings. The first-order valence-electron chi connectivity index (χ1n) is 9.93. The summed E-state index contributed by atoms with van der Waals surface area (Å²) >= 11 is 1.59. The van der Waals surface area contributed by atoms with Crippen molar-refractivity contribution >= 4 is 39.4 Å². The molecule has 1 amide bonds. The molecule has 10 heteroatoms. The number of aromatic nitrogens is 1. The molecule has 3 aromatic heterocycles. The van der Waals surface area contributed by atoms with Crippen molar-refractivity contribution in [1.82, 2.24) is 14.8 Å². The van der Waals surface area contributed by atoms with Crippen LogP contribution in [-0.2, 0) is 21.4 Å². The van der Waals surface area contributed by atoms with Crippen LogP contribution in [0.1, 0.15) is 34.9 Å². The number of thiophene rings is 1. The Morgan fingerprint density at radius 3 is 2.77 bits per heavy atom. The van der Waals surface area contributed by atoms with Crippen LogP contribution < -0.4 is 5.32 Å². The topological polar surface area (TPSA) is 106 Å². The van der Waals surface area contributed by atoms with Gasteiger partial charge in [0.2, 0.25) is 15.9 Å². The maximum Gasteiger partial charge on any atom is 0.248 e. The number of nitrogens with zero attached hydrogens (tertiary/aromatic N) is 2. The van der Waals surface area contributed by atoms with E-state index < -0.39 is 10.0 Å². The number of furan rings is 1. The normalized spacial score (nSPS) is 16.2. The van der Waals surface area contributed by atoms with Gasteiger partial charge in [-0.1, -0.05) is 11.2 Å². The fraction of sp³-hybridized carbons (Fsp3) is 0.333. The van der Waals surface area contributed by atoms with Crippen molar-refractivity contribution in [2.45, 2.75) is 31.2 Å². The molecule has 0 atom stereocenters. The zero-order chi connectivity index (χ0) is 21.8. The van der Waals surface area contributed by atoms with E-state index in [0.717, 1.165) is 4.88 Å². The van der Waals surface area contributed by atoms with E-state index in [2.05, 4.69) is 10.5 Å². The molecule has 0 bridgehead atoms. The van der Waals surface area contributed by atoms with Crippen molar-refractivity contribution in [1.29, 1.82) is 0 Å². The first kappa shape index (κ1) is 21.5. The van der Waals surface area contributed by atoms with Gasteiger partial charge in [-0.15, -0.1) is 11.3 Å². The molecule has 1 saturated heterocycles. The SMILES string of the molecule is Cc1noc(/C=C/c2ccco2)c1S(=O)(=O)N1CCC(C(=O)NCc2cccs2)CC1. The molecule has 0 aromatic carbocycles. The van der Waals surface area contributed by atoms with Crippen molar-refractivity contribution in [2.24, 2.45) is 5.92 Å². The lowest BCUT2D eigenvalue weighted by Gasteiger charge is -2.30. The second kappa shape index (κ2) is 9.21. The number of sulfonamides is 1. The summed E-state index contributed by atoms with van der Waals surface area (Å²) in [6, 6.07) is 7.41. The summed E-state index contributed by atoms with van der Waals surface area (Å²) in [5.41, 5.74) is 0.301. The summed E-state index contributed by atoms with van der Waals surface area (Å²) in [6.07, 6.45) is 5.64. The highest BCUT2D eigenvalue weighted by atomic mass is 32.2. The number of carbonyl (C=O) groups excluding carboxylic acids is 1. The predicted octanol–water partition coefficient (Wildman–Crippen LogP) is 3.53. The largest absolute Gasteiger partial charge is 0.465 e. The molecule has 1 aliphatic rings. The van der Waals surface area contributed by atoms with Gasteiger partial charge in [0.05, 0.1) is 12.8 Å². The van der Waals surface area contributed by atoms with Crippen LogP contribution in [0.3, 0.4) is 0 Å². The second-order valence-electron chi connectivity index (χ2n) is 7.29. The lowest BCUT2D eigenvalue weighted by atomic mass is 9.97. The number of hydrogen-bond acceptors (Lipinski definition) is 7. The van der Waals surface area contributed by atoms with Gasteiger partial charge in [0.15, 0.2) is 10.7 Å². The van der Waals surface area contributed by atoms with Crippen LogP contribution in [0.15, 0.2) is 49.7 Å². The Kier molecular flexibility index (Phi) is 6.40. The number of carbonyl (C=O) groups is 1. The fourth-order valence-corrected chi connectivity index (χ4v) is 5.93. The number of aryl methyl sites for hydroxylation is 1. The highest BCUT2D eigenvalue weighted by Crippen LogP contribution is 2.29. The summed E-state index contributed by atoms with van der Waals surface area (Å²) < 4.78 is 38.4. The molecule has 164 valence electrons. The first-order valence-corrected chi connectivity index (χ1v) is 12.2. The first-order chi connectivity index (χ1) is 14.9. The van der Waals surface area contributed by atoms with Crippen LogP contribution in [-0.4, -0.2) is 36.9 Å². The number of amides is 1. The van der Waals surface area contributed by atoms with Gasteiger partial charge in [-0.3, -0.25) is 4.79 Å². The van der Waals surface area contributed by atoms with Crippen molar-refractivity contribution in [3.8, 4) is 0 Å². The molecule has 3 aromatic rings. The molecular weight excluding hydrogens is 438 g/mol. The Hall–Kier alpha value is -2.69. The highest BCUT2D eigenvalue weighted by Gasteiger charge is 2.35. The van der Waals surface area contributed by atoms with E-state index in [0.29, 0.717) is 30.8 Å². The monoisotopic (exact) mass is 461 g/mol. The molecule has 31 heavy (non-hydrogen) atoms. The van der Waals surface area contributed by atoms with Crippen LogP contribution in [0.4, 0.5) is 0 Å². The molecule has 4 heterocycles. The number of nitrogens with one attached hydrogen (secondary N) is 1. The minimum Gasteiger partial charge on any atom is -0.465 e. The van der Waals surface area contributed by atoms with Crippen LogP contribution in [0.2, 0.25) is 0 Å². The van der Waals surface area contributed by atoms with Gasteiger partial charge < -0.3 is 14.3 Å². The zero-order valence-corrected chi connectivity index (χ0v) is 18.6. The third-order valence-corrected chi connectivity index (χ3v) is 8.15. The third kappa shape index (κ3) is 4.81. The maximum absolute atomic E-state index is 13.3. The van der Waals surface area contributed by atoms with E-state index in [1.165, 1.54) is 16.6 Å². The van der Waals surface area contributed by atoms with E-state index in [1.807, 2.05) is 17.5 Å². The quantitative estimate of drug-likeness (QED) is 0.577. The summed E-state index contributed by atoms with van der Waals surface area (Å²) in [6.45, 7) is 2.64. The molecule has 1 N–H and O–H groups in total. The smallest absolute Gasteiger partial charge is 0.248 e. The molecule has 0 saturated carbocycles. The molecular formula is C21H23N3O5S2. The minimum atomic E-state index is -3.80. The molecule has 0 radical (unpaired) electrons. The van der Waals surface area contributed by atoms with Gasteiger partial charge in [-0.05, 0) is 55.5 Å². The Labute approximate surface area is 184 Å². The van der Waals surface area contributed by atoms with Crippen LogP contribution in [0, 0.1) is 12.8 Å². The Morgan fingerprint density at radius 1 is 1.29 bits per heavy atom. The van der Waals surface area contributed by atoms with E-state index in [1.54, 1.807) is 36.5 Å². The van der Waals surface area contributed by atoms with Gasteiger partial charge in [-0.2, -0.15) is 4.31 Å². The average Bonchev–Trinajstić information content (AvgIpc) is 3.53. The molecule has 1 aliphatic heterocycles. The number of hydrogen-bond donors (Lipinski definition) is 1. The zero-order valence-electron chi connectivity index (χ0n) is 17.0. The second-order valence-corrected chi connectivity index (χ2v) is 10.2. The highest BCUT2D eigenvalue weighted by molar-refractivity contribution is 7.89. The van der Waals surface area contributed by atoms with Crippen molar-refractivity contribution in [3.05, 3.63) is 58.0 Å². The Morgan fingerprint density at radius 2 is 2.10 bits per heavy atom. The standard InChI is InChI=1S/C21H23N3O5S2/c1-15-20(19(29-23-15)7-6-17-4-2-12-28-17)31(26,27)24-10-8-16(9-11-24)21(25)22-14-18-5-3-13-30-18/h2-7,12-13,16H,8-11,14H2,1H3,(H,22,25)/b7-6+. The van der Waals surface area contributed by atoms with Crippen LogP contribution in [0.25, 0.3) is 12.2 Å². The molecule has 4 rings (SSSR count). The number of piperidine rings is 1. The molecule has 0 spiro atoms. The molecule has 0 unspecified atom stereocenters. The van der Waals surface area contributed by atoms with Gasteiger partial charge in [0, 0.05) is 23.9 Å². The third-order valence-electron chi connectivity index (χ3n) is 5.22. The van der Waals surface area contributed by atoms with Gasteiger partial charge in [-0.25, -0.2) is 8.42 Å². The fourth-order valence-electron chi connectivity index (χ4n) is 3.56. The lowest BCUT2D eigenvalue weighted by Crippen LogP contribution is -2.43. The summed E-state index contributed by atoms with van der Waals surface area (Å²) in [7, 11) is -3.80. The van der Waals surface area contributed by atoms with Gasteiger partial charge >= 0.3 is 0 Å². The minimum absolute atomic E-state index is 0.0336. The van der Waals surface area contributed by atoms with Crippen LogP contribution in [0.5, 0.6) is 0 Å². The summed E-state index contributed by atoms with van der Waals surface area (Å²) in [5.74, 6) is 0.499. The molecule has 0 aliphatic carbocycles. The lowest BCUT2D eigenvalue weighted by molar-refractivity contribution is -0.126. The molecule has 8 nitrogen and oxygen atoms in total. The average molecular weight is 462 g/mol. The van der Waals surface area contributed by atoms with Crippen LogP contribution >= 0.6 is 11.3 Å². The van der Waals surface area contributed by atoms with Crippen molar-refractivity contribution < 1.29 is 22.2 Å². The predicted molar refractivity (Wildman–Crippen MR) is 117 cm³/mol.